The summed E-state index contributed by atoms with van der Waals surface area (Å²) in [7, 11) is -3.66. The van der Waals surface area contributed by atoms with Crippen LogP contribution in [0.15, 0.2) is 27.6 Å². The van der Waals surface area contributed by atoms with Crippen LogP contribution in [0.5, 0.6) is 0 Å². The zero-order valence-corrected chi connectivity index (χ0v) is 11.0. The van der Waals surface area contributed by atoms with Crippen LogP contribution in [0.2, 0.25) is 0 Å². The minimum absolute atomic E-state index is 0.00537. The molecule has 0 heterocycles. The molecule has 90 valence electrons. The minimum Gasteiger partial charge on any atom is -0.329 e. The third-order valence-electron chi connectivity index (χ3n) is 1.89. The molecule has 0 amide bonds. The fourth-order valence-corrected chi connectivity index (χ4v) is 3.38. The Kier molecular flexibility index (Phi) is 4.43. The molecule has 0 saturated carbocycles. The first kappa shape index (κ1) is 13.6. The van der Waals surface area contributed by atoms with Crippen LogP contribution in [0.4, 0.5) is 4.39 Å². The van der Waals surface area contributed by atoms with Gasteiger partial charge in [0.05, 0.1) is 4.90 Å². The smallest absolute Gasteiger partial charge is 0.241 e. The summed E-state index contributed by atoms with van der Waals surface area (Å²) in [5.74, 6) is -0.502. The maximum absolute atomic E-state index is 12.8. The van der Waals surface area contributed by atoms with Crippen molar-refractivity contribution in [2.24, 2.45) is 5.73 Å². The molecule has 1 aromatic rings. The van der Waals surface area contributed by atoms with Crippen molar-refractivity contribution >= 4 is 26.0 Å². The Morgan fingerprint density at radius 1 is 1.56 bits per heavy atom. The molecule has 0 aliphatic carbocycles. The number of halogens is 2. The molecule has 0 aliphatic rings. The summed E-state index contributed by atoms with van der Waals surface area (Å²) in [5.41, 5.74) is 5.32. The maximum atomic E-state index is 12.8. The third kappa shape index (κ3) is 3.24. The Hall–Kier alpha value is -0.500. The lowest BCUT2D eigenvalue weighted by Gasteiger charge is -2.12. The molecule has 0 bridgehead atoms. The normalized spacial score (nSPS) is 13.8. The van der Waals surface area contributed by atoms with E-state index in [4.69, 9.17) is 5.73 Å². The zero-order valence-electron chi connectivity index (χ0n) is 8.57. The van der Waals surface area contributed by atoms with Crippen molar-refractivity contribution in [3.63, 3.8) is 0 Å². The van der Waals surface area contributed by atoms with Crippen LogP contribution >= 0.6 is 15.9 Å². The lowest BCUT2D eigenvalue weighted by atomic mass is 10.3. The Labute approximate surface area is 102 Å². The molecule has 0 fully saturated rings. The fraction of sp³-hybridized carbons (Fsp3) is 0.333. The van der Waals surface area contributed by atoms with E-state index in [1.165, 1.54) is 6.07 Å². The highest BCUT2D eigenvalue weighted by Crippen LogP contribution is 2.22. The van der Waals surface area contributed by atoms with E-state index in [2.05, 4.69) is 20.7 Å². The molecular weight excluding hydrogens is 299 g/mol. The number of benzene rings is 1. The molecular formula is C9H12BrFN2O2S. The highest BCUT2D eigenvalue weighted by molar-refractivity contribution is 9.10. The predicted octanol–water partition coefficient (Wildman–Crippen LogP) is 1.21. The van der Waals surface area contributed by atoms with Gasteiger partial charge in [-0.25, -0.2) is 17.5 Å². The zero-order chi connectivity index (χ0) is 12.3. The predicted molar refractivity (Wildman–Crippen MR) is 62.9 cm³/mol. The Bertz CT molecular complexity index is 478. The average Bonchev–Trinajstić information content (AvgIpc) is 2.16. The van der Waals surface area contributed by atoms with E-state index in [9.17, 15) is 12.8 Å². The Morgan fingerprint density at radius 3 is 2.69 bits per heavy atom. The number of hydrogen-bond donors (Lipinski definition) is 2. The first-order chi connectivity index (χ1) is 7.36. The molecule has 4 nitrogen and oxygen atoms in total. The average molecular weight is 311 g/mol. The van der Waals surface area contributed by atoms with Crippen molar-refractivity contribution in [2.45, 2.75) is 17.9 Å². The van der Waals surface area contributed by atoms with Crippen molar-refractivity contribution in [3.05, 3.63) is 28.5 Å². The molecule has 1 atom stereocenters. The molecule has 3 N–H and O–H groups in total. The lowest BCUT2D eigenvalue weighted by molar-refractivity contribution is 0.561. The van der Waals surface area contributed by atoms with Crippen LogP contribution in [0.1, 0.15) is 6.92 Å². The van der Waals surface area contributed by atoms with Crippen LogP contribution in [0, 0.1) is 5.82 Å². The summed E-state index contributed by atoms with van der Waals surface area (Å²) < 4.78 is 39.0. The molecule has 0 saturated heterocycles. The van der Waals surface area contributed by atoms with Gasteiger partial charge in [0.25, 0.3) is 0 Å². The summed E-state index contributed by atoms with van der Waals surface area (Å²) in [6.07, 6.45) is 0. The van der Waals surface area contributed by atoms with E-state index >= 15 is 0 Å². The quantitative estimate of drug-likeness (QED) is 0.878. The maximum Gasteiger partial charge on any atom is 0.241 e. The standard InChI is InChI=1S/C9H12BrFN2O2S/c1-6(5-12)13-16(14,15)9-3-2-7(11)4-8(9)10/h2-4,6,13H,5,12H2,1H3/t6-/m1/s1. The van der Waals surface area contributed by atoms with E-state index in [0.717, 1.165) is 12.1 Å². The second kappa shape index (κ2) is 5.22. The van der Waals surface area contributed by atoms with E-state index < -0.39 is 15.8 Å². The topological polar surface area (TPSA) is 72.2 Å². The van der Waals surface area contributed by atoms with E-state index in [-0.39, 0.29) is 22.0 Å². The second-order valence-corrected chi connectivity index (χ2v) is 5.87. The van der Waals surface area contributed by atoms with Crippen molar-refractivity contribution in [2.75, 3.05) is 6.54 Å². The van der Waals surface area contributed by atoms with E-state index in [1.54, 1.807) is 6.92 Å². The molecule has 0 radical (unpaired) electrons. The highest BCUT2D eigenvalue weighted by Gasteiger charge is 2.19. The highest BCUT2D eigenvalue weighted by atomic mass is 79.9. The largest absolute Gasteiger partial charge is 0.329 e. The van der Waals surface area contributed by atoms with E-state index in [0.29, 0.717) is 0 Å². The van der Waals surface area contributed by atoms with Gasteiger partial charge >= 0.3 is 0 Å². The first-order valence-corrected chi connectivity index (χ1v) is 6.82. The number of rotatable bonds is 4. The van der Waals surface area contributed by atoms with Gasteiger partial charge in [-0.15, -0.1) is 0 Å². The van der Waals surface area contributed by atoms with Gasteiger partial charge in [-0.2, -0.15) is 0 Å². The van der Waals surface area contributed by atoms with Crippen molar-refractivity contribution in [1.29, 1.82) is 0 Å². The molecule has 0 aromatic heterocycles. The van der Waals surface area contributed by atoms with Crippen molar-refractivity contribution < 1.29 is 12.8 Å². The van der Waals surface area contributed by atoms with Gasteiger partial charge < -0.3 is 5.73 Å². The molecule has 16 heavy (non-hydrogen) atoms. The first-order valence-electron chi connectivity index (χ1n) is 4.54. The van der Waals surface area contributed by atoms with Crippen LogP contribution < -0.4 is 10.5 Å². The monoisotopic (exact) mass is 310 g/mol. The number of sulfonamides is 1. The molecule has 1 aromatic carbocycles. The van der Waals surface area contributed by atoms with Gasteiger partial charge in [0.15, 0.2) is 0 Å². The van der Waals surface area contributed by atoms with Gasteiger partial charge in [-0.3, -0.25) is 0 Å². The van der Waals surface area contributed by atoms with Crippen molar-refractivity contribution in [3.8, 4) is 0 Å². The Morgan fingerprint density at radius 2 is 2.19 bits per heavy atom. The van der Waals surface area contributed by atoms with Crippen LogP contribution in [0.25, 0.3) is 0 Å². The summed E-state index contributed by atoms with van der Waals surface area (Å²) in [6.45, 7) is 1.84. The third-order valence-corrected chi connectivity index (χ3v) is 4.46. The van der Waals surface area contributed by atoms with Gasteiger partial charge in [0.2, 0.25) is 10.0 Å². The second-order valence-electron chi connectivity index (χ2n) is 3.33. The number of nitrogens with one attached hydrogen (secondary N) is 1. The molecule has 7 heteroatoms. The molecule has 0 aliphatic heterocycles. The van der Waals surface area contributed by atoms with Gasteiger partial charge in [-0.05, 0) is 41.1 Å². The van der Waals surface area contributed by atoms with Gasteiger partial charge in [-0.1, -0.05) is 0 Å². The summed E-state index contributed by atoms with van der Waals surface area (Å²) in [4.78, 5) is -0.00537. The molecule has 1 rings (SSSR count). The van der Waals surface area contributed by atoms with Crippen LogP contribution in [-0.4, -0.2) is 21.0 Å². The van der Waals surface area contributed by atoms with E-state index in [1.807, 2.05) is 0 Å². The number of hydrogen-bond acceptors (Lipinski definition) is 3. The van der Waals surface area contributed by atoms with Crippen LogP contribution in [-0.2, 0) is 10.0 Å². The summed E-state index contributed by atoms with van der Waals surface area (Å²) in [5, 5.41) is 0. The minimum atomic E-state index is -3.66. The van der Waals surface area contributed by atoms with Crippen LogP contribution in [0.3, 0.4) is 0 Å². The lowest BCUT2D eigenvalue weighted by Crippen LogP contribution is -2.37. The summed E-state index contributed by atoms with van der Waals surface area (Å²) in [6, 6.07) is 3.01. The SMILES string of the molecule is C[C@H](CN)NS(=O)(=O)c1ccc(F)cc1Br. The molecule has 0 spiro atoms. The van der Waals surface area contributed by atoms with Gasteiger partial charge in [0, 0.05) is 17.1 Å². The molecule has 0 unspecified atom stereocenters. The van der Waals surface area contributed by atoms with Gasteiger partial charge in [0.1, 0.15) is 5.82 Å². The van der Waals surface area contributed by atoms with Crippen molar-refractivity contribution in [1.82, 2.24) is 4.72 Å². The number of nitrogens with two attached hydrogens (primary N) is 1. The summed E-state index contributed by atoms with van der Waals surface area (Å²) >= 11 is 3.00. The fourth-order valence-electron chi connectivity index (χ4n) is 1.07. The Balaban J connectivity index is 3.08.